The van der Waals surface area contributed by atoms with Crippen molar-refractivity contribution in [2.24, 2.45) is 22.7 Å². The highest BCUT2D eigenvalue weighted by Crippen LogP contribution is 2.52. The highest BCUT2D eigenvalue weighted by Gasteiger charge is 2.67. The van der Waals surface area contributed by atoms with Crippen LogP contribution in [0.5, 0.6) is 0 Å². The van der Waals surface area contributed by atoms with Gasteiger partial charge in [-0.1, -0.05) is 75.7 Å². The number of likely N-dealkylation sites (tertiary alicyclic amines) is 2. The van der Waals surface area contributed by atoms with Crippen molar-refractivity contribution in [3.8, 4) is 22.4 Å². The summed E-state index contributed by atoms with van der Waals surface area (Å²) in [5.41, 5.74) is 11.7. The maximum absolute atomic E-state index is 15.0. The molecule has 15 nitrogen and oxygen atoms in total. The first-order valence-electron chi connectivity index (χ1n) is 28.5. The number of methoxy groups -OCH3 is 1. The number of hydrazine groups is 1. The van der Waals surface area contributed by atoms with Crippen molar-refractivity contribution in [3.05, 3.63) is 107 Å². The lowest BCUT2D eigenvalue weighted by Crippen LogP contribution is -2.62. The molecule has 78 heavy (non-hydrogen) atoms. The minimum absolute atomic E-state index is 0.00817. The van der Waals surface area contributed by atoms with Gasteiger partial charge in [0.15, 0.2) is 10.9 Å². The molecule has 3 amide bonds. The van der Waals surface area contributed by atoms with Gasteiger partial charge in [0.2, 0.25) is 11.8 Å². The maximum Gasteiger partial charge on any atom is 0.324 e. The van der Waals surface area contributed by atoms with E-state index in [-0.39, 0.29) is 60.3 Å². The van der Waals surface area contributed by atoms with Gasteiger partial charge in [0, 0.05) is 79.7 Å². The van der Waals surface area contributed by atoms with E-state index in [9.17, 15) is 14.1 Å². The lowest BCUT2D eigenvalue weighted by Gasteiger charge is -2.37. The van der Waals surface area contributed by atoms with E-state index in [2.05, 4.69) is 91.2 Å². The Morgan fingerprint density at radius 1 is 0.949 bits per heavy atom. The Balaban J connectivity index is 0.865. The molecule has 16 heteroatoms. The van der Waals surface area contributed by atoms with Crippen molar-refractivity contribution >= 4 is 46.0 Å². The van der Waals surface area contributed by atoms with Crippen LogP contribution in [0.3, 0.4) is 0 Å². The smallest absolute Gasteiger partial charge is 0.324 e. The Kier molecular flexibility index (Phi) is 15.2. The Morgan fingerprint density at radius 2 is 1.72 bits per heavy atom. The number of aromatic nitrogens is 2. The third-order valence-corrected chi connectivity index (χ3v) is 19.2. The van der Waals surface area contributed by atoms with Gasteiger partial charge in [0.05, 0.1) is 47.5 Å². The zero-order valence-corrected chi connectivity index (χ0v) is 47.6. The number of hydrogen-bond acceptors (Lipinski definition) is 11. The summed E-state index contributed by atoms with van der Waals surface area (Å²) < 4.78 is 30.2. The monoisotopic (exact) mass is 1080 g/mol. The fourth-order valence-corrected chi connectivity index (χ4v) is 14.8. The van der Waals surface area contributed by atoms with Crippen molar-refractivity contribution in [2.45, 2.75) is 148 Å². The van der Waals surface area contributed by atoms with Crippen LogP contribution >= 0.6 is 0 Å². The minimum atomic E-state index is -1.40. The van der Waals surface area contributed by atoms with Gasteiger partial charge in [-0.3, -0.25) is 34.1 Å². The summed E-state index contributed by atoms with van der Waals surface area (Å²) >= 11 is -1.40. The van der Waals surface area contributed by atoms with E-state index in [1.807, 2.05) is 71.7 Å². The number of aryl methyl sites for hydroxylation is 2. The number of carbonyl (C=O) groups excluding carboxylic acids is 4. The summed E-state index contributed by atoms with van der Waals surface area (Å²) in [6.07, 6.45) is 7.29. The van der Waals surface area contributed by atoms with Gasteiger partial charge < -0.3 is 28.8 Å². The van der Waals surface area contributed by atoms with Crippen molar-refractivity contribution < 1.29 is 33.2 Å². The number of hydrogen-bond donors (Lipinski definition) is 2. The molecule has 1 aliphatic carbocycles. The molecule has 7 heterocycles. The van der Waals surface area contributed by atoms with Gasteiger partial charge in [0.1, 0.15) is 12.1 Å². The van der Waals surface area contributed by atoms with Crippen LogP contribution in [0.25, 0.3) is 33.3 Å². The summed E-state index contributed by atoms with van der Waals surface area (Å²) in [5, 5.41) is 5.91. The van der Waals surface area contributed by atoms with Crippen molar-refractivity contribution in [2.75, 3.05) is 46.4 Å². The van der Waals surface area contributed by atoms with Crippen molar-refractivity contribution in [1.82, 2.24) is 39.4 Å². The van der Waals surface area contributed by atoms with Gasteiger partial charge in [-0.05, 0) is 143 Å². The molecule has 414 valence electrons. The largest absolute Gasteiger partial charge is 0.593 e. The van der Waals surface area contributed by atoms with Gasteiger partial charge in [-0.2, -0.15) is 0 Å². The number of carbonyl (C=O) groups is 4. The zero-order valence-electron chi connectivity index (χ0n) is 46.8. The van der Waals surface area contributed by atoms with E-state index < -0.39 is 40.9 Å². The average molecular weight is 1080 g/mol. The fraction of sp³-hybridized carbons (Fsp3) is 0.532. The van der Waals surface area contributed by atoms with Gasteiger partial charge in [-0.25, -0.2) is 5.43 Å². The summed E-state index contributed by atoms with van der Waals surface area (Å²) in [4.78, 5) is 68.4. The second-order valence-electron chi connectivity index (χ2n) is 24.5. The molecule has 2 N–H and O–H groups in total. The topological polar surface area (TPSA) is 164 Å². The molecular formula is C62H78N8O7S. The molecule has 2 aromatic heterocycles. The van der Waals surface area contributed by atoms with Crippen molar-refractivity contribution in [3.63, 3.8) is 0 Å². The molecule has 1 spiro atoms. The van der Waals surface area contributed by atoms with Crippen LogP contribution in [0.15, 0.2) is 90.0 Å². The lowest BCUT2D eigenvalue weighted by molar-refractivity contribution is -0.155. The van der Waals surface area contributed by atoms with Gasteiger partial charge in [0.25, 0.3) is 5.91 Å². The molecular weight excluding hydrogens is 1000 g/mol. The molecule has 5 aliphatic heterocycles. The Bertz CT molecular complexity index is 3080. The number of ether oxygens (including phenoxy) is 2. The number of fused-ring (bicyclic) bond motifs is 6. The molecule has 3 aromatic carbocycles. The first-order valence-corrected chi connectivity index (χ1v) is 29.6. The van der Waals surface area contributed by atoms with E-state index in [1.54, 1.807) is 7.11 Å². The molecule has 5 fully saturated rings. The second-order valence-corrected chi connectivity index (χ2v) is 25.9. The van der Waals surface area contributed by atoms with Crippen LogP contribution in [-0.4, -0.2) is 134 Å². The third kappa shape index (κ3) is 10.6. The number of rotatable bonds is 12. The molecule has 6 bridgehead atoms. The number of amides is 3. The molecule has 5 aromatic rings. The van der Waals surface area contributed by atoms with Crippen LogP contribution in [0, 0.1) is 29.6 Å². The number of esters is 1. The quantitative estimate of drug-likeness (QED) is 0.0704. The maximum atomic E-state index is 15.0. The molecule has 0 radical (unpaired) electrons. The minimum Gasteiger partial charge on any atom is -0.593 e. The van der Waals surface area contributed by atoms with E-state index in [4.69, 9.17) is 14.5 Å². The zero-order chi connectivity index (χ0) is 54.8. The van der Waals surface area contributed by atoms with E-state index in [1.165, 1.54) is 5.01 Å². The van der Waals surface area contributed by atoms with Crippen LogP contribution in [-0.2, 0) is 59.4 Å². The number of nitrogens with one attached hydrogen (secondary N) is 2. The van der Waals surface area contributed by atoms with E-state index in [0.717, 1.165) is 86.3 Å². The summed E-state index contributed by atoms with van der Waals surface area (Å²) in [7, 11) is 1.70. The van der Waals surface area contributed by atoms with Gasteiger partial charge in [-0.15, -0.1) is 4.31 Å². The van der Waals surface area contributed by atoms with E-state index >= 15 is 9.59 Å². The Labute approximate surface area is 463 Å². The molecule has 2 unspecified atom stereocenters. The first kappa shape index (κ1) is 54.3. The lowest BCUT2D eigenvalue weighted by atomic mass is 9.84. The molecule has 1 saturated carbocycles. The van der Waals surface area contributed by atoms with Crippen molar-refractivity contribution in [1.29, 1.82) is 0 Å². The van der Waals surface area contributed by atoms with E-state index in [0.29, 0.717) is 64.4 Å². The van der Waals surface area contributed by atoms with Crippen LogP contribution in [0.2, 0.25) is 0 Å². The highest BCUT2D eigenvalue weighted by atomic mass is 32.2. The Hall–Kier alpha value is -5.62. The average Bonchev–Trinajstić information content (AvgIpc) is 4.46. The Morgan fingerprint density at radius 3 is 2.46 bits per heavy atom. The molecule has 4 saturated heterocycles. The predicted molar refractivity (Wildman–Crippen MR) is 302 cm³/mol. The summed E-state index contributed by atoms with van der Waals surface area (Å²) in [6.45, 7) is 18.4. The standard InChI is InChI=1S/C62H78N8O7S/c1-9-68-51-24-21-44-33-47(51)48(55(68)46-15-11-27-63-52(46)40(5)76-8)34-61(6,7)37-77-60(74)49-16-12-28-69(65-49)58(72)50(32-41-13-10-14-43(44)31-41)64-57(71)53(38(2)3)66-29-25-62(35-66)26-30-67(36-62)59(73)56-54(42-19-20-42)70(56)78(75)45-22-17-39(4)18-23-45/h10-11,13-15,17-18,21-24,27,31,33,38,40,42,49-50,53-54,56,65H,9,12,16,19-20,25-26,28-30,32,34-37H2,1-8H3,(H,64,71)/t40-,49-,50-,53-,54+,56+,62-,70?,78?/m0/s1. The number of cyclic esters (lactones) is 1. The number of benzene rings is 3. The third-order valence-electron chi connectivity index (χ3n) is 17.7. The number of nitrogens with zero attached hydrogens (tertiary/aromatic N) is 6. The van der Waals surface area contributed by atoms with Crippen LogP contribution in [0.1, 0.15) is 109 Å². The van der Waals surface area contributed by atoms with Gasteiger partial charge >= 0.3 is 5.97 Å². The SMILES string of the molecule is CCn1c(-c2cccnc2[C@H](C)OC)c2c3cc(ccc31)-c1cccc(c1)C[C@H](NC(=O)[C@H](C(C)C)N1CC[C@]3(CCN(C(=O)[C@H]4[C@@H](C5CC5)N4[S+]([O-])c4ccc(C)cc4)C3)C1)C(=O)N1CCC[C@H](N1)C(=O)OCC(C)(C)C2. The molecule has 9 atom stereocenters. The summed E-state index contributed by atoms with van der Waals surface area (Å²) in [6, 6.07) is 24.2. The highest BCUT2D eigenvalue weighted by molar-refractivity contribution is 7.89. The molecule has 11 rings (SSSR count). The normalized spacial score (nSPS) is 26.7. The van der Waals surface area contributed by atoms with Crippen LogP contribution < -0.4 is 10.7 Å². The second kappa shape index (κ2) is 21.8. The molecule has 6 aliphatic rings. The van der Waals surface area contributed by atoms with Crippen LogP contribution in [0.4, 0.5) is 0 Å². The fourth-order valence-electron chi connectivity index (χ4n) is 13.4. The predicted octanol–water partition coefficient (Wildman–Crippen LogP) is 8.19. The summed E-state index contributed by atoms with van der Waals surface area (Å²) in [5.74, 6) is -0.547. The first-order chi connectivity index (χ1) is 37.5. The number of pyridine rings is 1.